The fraction of sp³-hybridized carbons (Fsp3) is 0.370. The van der Waals surface area contributed by atoms with E-state index in [4.69, 9.17) is 22.9 Å². The van der Waals surface area contributed by atoms with Gasteiger partial charge in [0.1, 0.15) is 47.8 Å². The van der Waals surface area contributed by atoms with Crippen molar-refractivity contribution in [3.63, 3.8) is 0 Å². The van der Waals surface area contributed by atoms with Gasteiger partial charge in [0.05, 0.1) is 24.9 Å². The van der Waals surface area contributed by atoms with Crippen molar-refractivity contribution < 1.29 is 58.2 Å². The van der Waals surface area contributed by atoms with Crippen molar-refractivity contribution in [1.29, 1.82) is 0 Å². The number of phenols is 2. The van der Waals surface area contributed by atoms with Gasteiger partial charge in [-0.15, -0.1) is 0 Å². The molecule has 4 aromatic carbocycles. The number of hydrogen-bond donors (Lipinski definition) is 14. The molecule has 0 unspecified atom stereocenters. The summed E-state index contributed by atoms with van der Waals surface area (Å²) in [4.78, 5) is 136. The molecule has 1 heterocycles. The summed E-state index contributed by atoms with van der Waals surface area (Å²) < 4.78 is 0. The van der Waals surface area contributed by atoms with Crippen LogP contribution in [0, 0.1) is 0 Å². The summed E-state index contributed by atoms with van der Waals surface area (Å²) in [6, 6.07) is 17.7. The third-order valence-electron chi connectivity index (χ3n) is 12.6. The predicted molar refractivity (Wildman–Crippen MR) is 284 cm³/mol. The van der Waals surface area contributed by atoms with Gasteiger partial charge >= 0.3 is 0 Å². The summed E-state index contributed by atoms with van der Waals surface area (Å²) in [5.74, 6) is -8.78. The molecule has 4 aromatic rings. The maximum absolute atomic E-state index is 14.2. The molecule has 24 nitrogen and oxygen atoms in total. The number of phenolic OH excluding ortho intramolecular Hbond substituents is 2. The number of nitrogens with two attached hydrogens (primary N) is 4. The van der Waals surface area contributed by atoms with Gasteiger partial charge in [-0.2, -0.15) is 0 Å². The van der Waals surface area contributed by atoms with Crippen LogP contribution in [0.3, 0.4) is 0 Å². The minimum Gasteiger partial charge on any atom is -0.508 e. The van der Waals surface area contributed by atoms with Crippen LogP contribution in [0.1, 0.15) is 60.8 Å². The number of carbonyl (C=O) groups is 10. The average molecular weight is 1080 g/mol. The standard InChI is InChI=1S/C54H68N12O12/c55-37(25-33-15-19-35(67)20-16-33)49(73)61-39-13-7-23-60-46(70)30-42(48(58)72)64-54(78)44(28-32-11-5-2-6-12-32)66-52(76)40(62-50(74)38(56)26-34-17-21-36(68)22-18-34)14-8-24-59-45(69)29-41(47(57)71)63-53(77)43(65-51(39)75)27-31-9-3-1-4-10-31/h1-6,9-12,15-22,37-44,67-68H,7-8,13-14,23-30,55-56H2,(H2,57,71)(H2,58,72)(H,59,69)(H,60,70)(H,61,73)(H,62,74)(H,63,77)(H,64,78)(H,65,75)(H,66,76)/t37-,38-,39-,40-,41-,42-,43-,44-/m0/s1. The third-order valence-corrected chi connectivity index (χ3v) is 12.6. The molecular formula is C54H68N12O12. The van der Waals surface area contributed by atoms with E-state index in [1.54, 1.807) is 84.9 Å². The highest BCUT2D eigenvalue weighted by Crippen LogP contribution is 2.14. The molecule has 10 amide bonds. The van der Waals surface area contributed by atoms with Crippen LogP contribution in [0.25, 0.3) is 0 Å². The molecule has 24 heteroatoms. The largest absolute Gasteiger partial charge is 0.508 e. The summed E-state index contributed by atoms with van der Waals surface area (Å²) in [5, 5.41) is 40.1. The molecule has 1 saturated heterocycles. The van der Waals surface area contributed by atoms with Gasteiger partial charge in [0.2, 0.25) is 59.1 Å². The molecule has 1 fully saturated rings. The van der Waals surface area contributed by atoms with Gasteiger partial charge in [0, 0.05) is 25.9 Å². The molecule has 0 radical (unpaired) electrons. The van der Waals surface area contributed by atoms with Gasteiger partial charge in [-0.25, -0.2) is 0 Å². The van der Waals surface area contributed by atoms with E-state index in [9.17, 15) is 58.2 Å². The van der Waals surface area contributed by atoms with Crippen LogP contribution < -0.4 is 65.5 Å². The fourth-order valence-corrected chi connectivity index (χ4v) is 8.29. The number of rotatable bonds is 14. The molecule has 18 N–H and O–H groups in total. The van der Waals surface area contributed by atoms with Crippen molar-refractivity contribution >= 4 is 59.1 Å². The summed E-state index contributed by atoms with van der Waals surface area (Å²) in [5.41, 5.74) is 26.3. The van der Waals surface area contributed by atoms with Gasteiger partial charge in [0.15, 0.2) is 0 Å². The highest BCUT2D eigenvalue weighted by Gasteiger charge is 2.34. The first-order chi connectivity index (χ1) is 37.2. The van der Waals surface area contributed by atoms with Crippen molar-refractivity contribution in [3.05, 3.63) is 131 Å². The van der Waals surface area contributed by atoms with Crippen molar-refractivity contribution in [3.8, 4) is 11.5 Å². The van der Waals surface area contributed by atoms with Gasteiger partial charge in [-0.3, -0.25) is 47.9 Å². The Kier molecular flexibility index (Phi) is 23.1. The molecule has 8 atom stereocenters. The molecule has 0 spiro atoms. The molecule has 78 heavy (non-hydrogen) atoms. The number of hydrogen-bond acceptors (Lipinski definition) is 14. The average Bonchev–Trinajstić information content (AvgIpc) is 3.41. The van der Waals surface area contributed by atoms with E-state index in [0.29, 0.717) is 22.3 Å². The zero-order valence-corrected chi connectivity index (χ0v) is 42.8. The molecule has 0 bridgehead atoms. The van der Waals surface area contributed by atoms with Gasteiger partial charge in [0.25, 0.3) is 0 Å². The Balaban J connectivity index is 1.43. The summed E-state index contributed by atoms with van der Waals surface area (Å²) in [6.07, 6.45) is -1.88. The van der Waals surface area contributed by atoms with E-state index in [2.05, 4.69) is 42.5 Å². The van der Waals surface area contributed by atoms with Crippen LogP contribution >= 0.6 is 0 Å². The first-order valence-corrected chi connectivity index (χ1v) is 25.3. The van der Waals surface area contributed by atoms with Gasteiger partial charge in [-0.05, 0) is 85.0 Å². The second-order valence-electron chi connectivity index (χ2n) is 18.9. The quantitative estimate of drug-likeness (QED) is 0.0621. The Morgan fingerprint density at radius 1 is 0.487 bits per heavy atom. The normalized spacial score (nSPS) is 21.6. The van der Waals surface area contributed by atoms with Crippen LogP contribution in [0.15, 0.2) is 109 Å². The lowest BCUT2D eigenvalue weighted by Gasteiger charge is -2.26. The zero-order chi connectivity index (χ0) is 56.7. The maximum atomic E-state index is 14.2. The van der Waals surface area contributed by atoms with Crippen molar-refractivity contribution in [2.24, 2.45) is 22.9 Å². The van der Waals surface area contributed by atoms with Gasteiger partial charge in [-0.1, -0.05) is 84.9 Å². The Morgan fingerprint density at radius 3 is 1.17 bits per heavy atom. The van der Waals surface area contributed by atoms with E-state index >= 15 is 0 Å². The number of carbonyl (C=O) groups excluding carboxylic acids is 10. The fourth-order valence-electron chi connectivity index (χ4n) is 8.29. The summed E-state index contributed by atoms with van der Waals surface area (Å²) in [6.45, 7) is -0.293. The molecule has 1 aliphatic rings. The monoisotopic (exact) mass is 1080 g/mol. The number of aromatic hydroxyl groups is 2. The Hall–Kier alpha value is -8.90. The Morgan fingerprint density at radius 2 is 0.833 bits per heavy atom. The van der Waals surface area contributed by atoms with E-state index in [0.717, 1.165) is 0 Å². The van der Waals surface area contributed by atoms with Crippen molar-refractivity contribution in [2.45, 2.75) is 113 Å². The zero-order valence-electron chi connectivity index (χ0n) is 42.8. The predicted octanol–water partition coefficient (Wildman–Crippen LogP) is -2.51. The van der Waals surface area contributed by atoms with Gasteiger partial charge < -0.3 is 75.7 Å². The van der Waals surface area contributed by atoms with E-state index < -0.39 is 120 Å². The number of nitrogens with one attached hydrogen (secondary N) is 8. The molecule has 0 aliphatic carbocycles. The highest BCUT2D eigenvalue weighted by atomic mass is 16.3. The lowest BCUT2D eigenvalue weighted by Crippen LogP contribution is -2.59. The first-order valence-electron chi connectivity index (χ1n) is 25.3. The van der Waals surface area contributed by atoms with Crippen LogP contribution in [0.4, 0.5) is 0 Å². The molecule has 1 aliphatic heterocycles. The molecule has 416 valence electrons. The lowest BCUT2D eigenvalue weighted by molar-refractivity contribution is -0.134. The molecule has 5 rings (SSSR count). The second-order valence-corrected chi connectivity index (χ2v) is 18.9. The van der Waals surface area contributed by atoms with E-state index in [1.165, 1.54) is 24.3 Å². The number of primary amides is 2. The van der Waals surface area contributed by atoms with Crippen LogP contribution in [0.2, 0.25) is 0 Å². The topological polar surface area (TPSA) is 411 Å². The van der Waals surface area contributed by atoms with E-state index in [1.807, 2.05) is 0 Å². The minimum absolute atomic E-state index is 0.00388. The lowest BCUT2D eigenvalue weighted by atomic mass is 10.0. The SMILES string of the molecule is NC(=O)[C@@H]1CC(=O)NCCC[C@H](NC(=O)[C@@H](N)Cc2ccc(O)cc2)C(=O)N[C@@H](Cc2ccccc2)C(=O)N[C@H](C(N)=O)CC(=O)NCCC[C@H](NC(=O)[C@@H](N)Cc2ccc(O)cc2)C(=O)N[C@@H](Cc2ccccc2)C(=O)N1. The molecule has 0 aromatic heterocycles. The van der Waals surface area contributed by atoms with Crippen molar-refractivity contribution in [2.75, 3.05) is 13.1 Å². The minimum atomic E-state index is -1.60. The maximum Gasteiger partial charge on any atom is 0.243 e. The second kappa shape index (κ2) is 30.0. The number of benzene rings is 4. The number of amides is 10. The highest BCUT2D eigenvalue weighted by molar-refractivity contribution is 5.97. The Labute approximate surface area is 450 Å². The van der Waals surface area contributed by atoms with Crippen molar-refractivity contribution in [1.82, 2.24) is 42.5 Å². The van der Waals surface area contributed by atoms with Crippen LogP contribution in [-0.2, 0) is 73.6 Å². The first kappa shape index (κ1) is 60.0. The Bertz CT molecular complexity index is 2530. The van der Waals surface area contributed by atoms with Crippen LogP contribution in [-0.4, -0.2) is 131 Å². The van der Waals surface area contributed by atoms with E-state index in [-0.39, 0.29) is 76.0 Å². The van der Waals surface area contributed by atoms with Crippen LogP contribution in [0.5, 0.6) is 11.5 Å². The summed E-state index contributed by atoms with van der Waals surface area (Å²) in [7, 11) is 0. The molecular weight excluding hydrogens is 1010 g/mol. The smallest absolute Gasteiger partial charge is 0.243 e. The third kappa shape index (κ3) is 20.0. The molecule has 0 saturated carbocycles. The summed E-state index contributed by atoms with van der Waals surface area (Å²) >= 11 is 0.